The van der Waals surface area contributed by atoms with Crippen molar-refractivity contribution in [1.82, 2.24) is 14.8 Å². The zero-order valence-corrected chi connectivity index (χ0v) is 13.6. The molecule has 0 radical (unpaired) electrons. The lowest BCUT2D eigenvalue weighted by Crippen LogP contribution is -2.55. The minimum Gasteiger partial charge on any atom is -0.339 e. The third-order valence-corrected chi connectivity index (χ3v) is 5.14. The molecule has 2 atom stereocenters. The minimum atomic E-state index is 0.357. The largest absolute Gasteiger partial charge is 0.339 e. The van der Waals surface area contributed by atoms with Crippen LogP contribution in [-0.4, -0.2) is 53.4 Å². The van der Waals surface area contributed by atoms with Crippen LogP contribution < -0.4 is 0 Å². The van der Waals surface area contributed by atoms with Crippen molar-refractivity contribution < 1.29 is 4.79 Å². The second-order valence-corrected chi connectivity index (χ2v) is 6.78. The molecule has 2 saturated heterocycles. The van der Waals surface area contributed by atoms with Crippen LogP contribution >= 0.6 is 0 Å². The van der Waals surface area contributed by atoms with Gasteiger partial charge in [0, 0.05) is 37.4 Å². The van der Waals surface area contributed by atoms with Crippen LogP contribution in [0.15, 0.2) is 24.4 Å². The van der Waals surface area contributed by atoms with E-state index in [0.29, 0.717) is 24.3 Å². The van der Waals surface area contributed by atoms with Crippen LogP contribution in [0.4, 0.5) is 0 Å². The Kier molecular flexibility index (Phi) is 5.08. The molecule has 4 nitrogen and oxygen atoms in total. The Labute approximate surface area is 133 Å². The van der Waals surface area contributed by atoms with Crippen molar-refractivity contribution in [2.24, 2.45) is 5.92 Å². The molecule has 0 N–H and O–H groups in total. The third kappa shape index (κ3) is 3.67. The quantitative estimate of drug-likeness (QED) is 0.856. The van der Waals surface area contributed by atoms with Gasteiger partial charge in [-0.15, -0.1) is 0 Å². The average molecular weight is 301 g/mol. The van der Waals surface area contributed by atoms with E-state index in [1.165, 1.54) is 12.8 Å². The number of fused-ring (bicyclic) bond motifs is 1. The van der Waals surface area contributed by atoms with E-state index in [1.54, 1.807) is 0 Å². The lowest BCUT2D eigenvalue weighted by molar-refractivity contribution is -0.138. The van der Waals surface area contributed by atoms with Gasteiger partial charge in [0.2, 0.25) is 5.91 Å². The number of amides is 1. The van der Waals surface area contributed by atoms with Crippen LogP contribution in [0, 0.1) is 5.92 Å². The predicted octanol–water partition coefficient (Wildman–Crippen LogP) is 2.35. The van der Waals surface area contributed by atoms with Crippen LogP contribution in [0.5, 0.6) is 0 Å². The number of piperidine rings is 2. The van der Waals surface area contributed by atoms with Gasteiger partial charge in [-0.05, 0) is 63.7 Å². The summed E-state index contributed by atoms with van der Waals surface area (Å²) in [6.45, 7) is 3.24. The number of aryl methyl sites for hydroxylation is 1. The zero-order chi connectivity index (χ0) is 15.4. The predicted molar refractivity (Wildman–Crippen MR) is 87.5 cm³/mol. The summed E-state index contributed by atoms with van der Waals surface area (Å²) >= 11 is 0. The van der Waals surface area contributed by atoms with E-state index in [9.17, 15) is 4.79 Å². The fourth-order valence-electron chi connectivity index (χ4n) is 4.01. The Morgan fingerprint density at radius 2 is 2.23 bits per heavy atom. The van der Waals surface area contributed by atoms with Gasteiger partial charge in [-0.3, -0.25) is 9.78 Å². The van der Waals surface area contributed by atoms with E-state index >= 15 is 0 Å². The van der Waals surface area contributed by atoms with Gasteiger partial charge in [0.15, 0.2) is 0 Å². The number of carbonyl (C=O) groups is 1. The SMILES string of the molecule is CN1CC[C@H]2[C@H](CCCN2C(=O)CCCc2ccccn2)C1. The molecule has 120 valence electrons. The van der Waals surface area contributed by atoms with Crippen LogP contribution in [0.3, 0.4) is 0 Å². The molecular weight excluding hydrogens is 274 g/mol. The summed E-state index contributed by atoms with van der Waals surface area (Å²) in [6, 6.07) is 6.48. The Morgan fingerprint density at radius 1 is 1.32 bits per heavy atom. The lowest BCUT2D eigenvalue weighted by atomic mass is 9.84. The van der Waals surface area contributed by atoms with E-state index in [-0.39, 0.29) is 0 Å². The van der Waals surface area contributed by atoms with Gasteiger partial charge in [0.1, 0.15) is 0 Å². The monoisotopic (exact) mass is 301 g/mol. The summed E-state index contributed by atoms with van der Waals surface area (Å²) < 4.78 is 0. The van der Waals surface area contributed by atoms with E-state index in [2.05, 4.69) is 21.8 Å². The van der Waals surface area contributed by atoms with Gasteiger partial charge >= 0.3 is 0 Å². The molecule has 0 saturated carbocycles. The van der Waals surface area contributed by atoms with Gasteiger partial charge in [-0.25, -0.2) is 0 Å². The number of hydrogen-bond acceptors (Lipinski definition) is 3. The highest BCUT2D eigenvalue weighted by molar-refractivity contribution is 5.76. The first kappa shape index (κ1) is 15.5. The molecule has 1 aromatic heterocycles. The highest BCUT2D eigenvalue weighted by Gasteiger charge is 2.36. The van der Waals surface area contributed by atoms with Crippen LogP contribution in [0.2, 0.25) is 0 Å². The second kappa shape index (κ2) is 7.23. The van der Waals surface area contributed by atoms with Crippen molar-refractivity contribution in [2.75, 3.05) is 26.7 Å². The molecule has 4 heteroatoms. The Hall–Kier alpha value is -1.42. The Morgan fingerprint density at radius 3 is 3.05 bits per heavy atom. The number of nitrogens with zero attached hydrogens (tertiary/aromatic N) is 3. The fraction of sp³-hybridized carbons (Fsp3) is 0.667. The standard InChI is InChI=1S/C18H27N3O/c1-20-13-10-17-15(14-20)6-5-12-21(17)18(22)9-4-8-16-7-2-3-11-19-16/h2-3,7,11,15,17H,4-6,8-10,12-14H2,1H3/t15-,17+/m1/s1. The summed E-state index contributed by atoms with van der Waals surface area (Å²) in [5, 5.41) is 0. The van der Waals surface area contributed by atoms with Crippen molar-refractivity contribution in [1.29, 1.82) is 0 Å². The highest BCUT2D eigenvalue weighted by atomic mass is 16.2. The van der Waals surface area contributed by atoms with Crippen LogP contribution in [-0.2, 0) is 11.2 Å². The molecule has 1 aromatic rings. The van der Waals surface area contributed by atoms with Crippen molar-refractivity contribution >= 4 is 5.91 Å². The molecule has 0 spiro atoms. The zero-order valence-electron chi connectivity index (χ0n) is 13.6. The normalized spacial score (nSPS) is 25.8. The van der Waals surface area contributed by atoms with Gasteiger partial charge < -0.3 is 9.80 Å². The number of rotatable bonds is 4. The lowest BCUT2D eigenvalue weighted by Gasteiger charge is -2.46. The maximum Gasteiger partial charge on any atom is 0.222 e. The number of carbonyl (C=O) groups excluding carboxylic acids is 1. The number of pyridine rings is 1. The summed E-state index contributed by atoms with van der Waals surface area (Å²) in [4.78, 5) is 21.6. The smallest absolute Gasteiger partial charge is 0.222 e. The molecule has 3 heterocycles. The van der Waals surface area contributed by atoms with E-state index < -0.39 is 0 Å². The second-order valence-electron chi connectivity index (χ2n) is 6.78. The first-order chi connectivity index (χ1) is 10.7. The number of hydrogen-bond donors (Lipinski definition) is 0. The van der Waals surface area contributed by atoms with E-state index in [4.69, 9.17) is 0 Å². The fourth-order valence-corrected chi connectivity index (χ4v) is 4.01. The Bertz CT molecular complexity index is 490. The Balaban J connectivity index is 1.51. The molecule has 0 aromatic carbocycles. The van der Waals surface area contributed by atoms with Gasteiger partial charge in [0.05, 0.1) is 0 Å². The molecule has 22 heavy (non-hydrogen) atoms. The summed E-state index contributed by atoms with van der Waals surface area (Å²) in [5.41, 5.74) is 1.09. The maximum absolute atomic E-state index is 12.6. The summed E-state index contributed by atoms with van der Waals surface area (Å²) in [5.74, 6) is 1.04. The topological polar surface area (TPSA) is 36.4 Å². The van der Waals surface area contributed by atoms with Gasteiger partial charge in [-0.1, -0.05) is 6.07 Å². The molecular formula is C18H27N3O. The van der Waals surface area contributed by atoms with Gasteiger partial charge in [-0.2, -0.15) is 0 Å². The molecule has 0 aliphatic carbocycles. The molecule has 2 fully saturated rings. The first-order valence-electron chi connectivity index (χ1n) is 8.62. The molecule has 1 amide bonds. The highest BCUT2D eigenvalue weighted by Crippen LogP contribution is 2.30. The van der Waals surface area contributed by atoms with Crippen molar-refractivity contribution in [3.63, 3.8) is 0 Å². The van der Waals surface area contributed by atoms with Crippen LogP contribution in [0.25, 0.3) is 0 Å². The first-order valence-corrected chi connectivity index (χ1v) is 8.62. The minimum absolute atomic E-state index is 0.357. The molecule has 0 unspecified atom stereocenters. The van der Waals surface area contributed by atoms with Gasteiger partial charge in [0.25, 0.3) is 0 Å². The van der Waals surface area contributed by atoms with Crippen molar-refractivity contribution in [3.05, 3.63) is 30.1 Å². The van der Waals surface area contributed by atoms with E-state index in [0.717, 1.165) is 44.6 Å². The maximum atomic E-state index is 12.6. The molecule has 2 aliphatic heterocycles. The number of aromatic nitrogens is 1. The summed E-state index contributed by atoms with van der Waals surface area (Å²) in [7, 11) is 2.20. The van der Waals surface area contributed by atoms with Crippen molar-refractivity contribution in [2.45, 2.75) is 44.6 Å². The van der Waals surface area contributed by atoms with E-state index in [1.807, 2.05) is 24.4 Å². The molecule has 3 rings (SSSR count). The average Bonchev–Trinajstić information content (AvgIpc) is 2.55. The number of likely N-dealkylation sites (tertiary alicyclic amines) is 2. The molecule has 0 bridgehead atoms. The van der Waals surface area contributed by atoms with Crippen LogP contribution in [0.1, 0.15) is 37.8 Å². The summed E-state index contributed by atoms with van der Waals surface area (Å²) in [6.07, 6.45) is 7.89. The van der Waals surface area contributed by atoms with Crippen molar-refractivity contribution in [3.8, 4) is 0 Å². The third-order valence-electron chi connectivity index (χ3n) is 5.14. The molecule has 2 aliphatic rings.